The Morgan fingerprint density at radius 3 is 2.43 bits per heavy atom. The second-order valence-electron chi connectivity index (χ2n) is 4.07. The molecule has 14 heavy (non-hydrogen) atoms. The van der Waals surface area contributed by atoms with Gasteiger partial charge in [0.1, 0.15) is 6.61 Å². The predicted octanol–water partition coefficient (Wildman–Crippen LogP) is 1.81. The highest BCUT2D eigenvalue weighted by Crippen LogP contribution is 2.22. The lowest BCUT2D eigenvalue weighted by Crippen LogP contribution is -2.48. The van der Waals surface area contributed by atoms with E-state index in [1.807, 2.05) is 11.8 Å². The van der Waals surface area contributed by atoms with Gasteiger partial charge in [0.05, 0.1) is 0 Å². The van der Waals surface area contributed by atoms with Gasteiger partial charge >= 0.3 is 0 Å². The van der Waals surface area contributed by atoms with Crippen LogP contribution in [-0.4, -0.2) is 36.1 Å². The Hall–Kier alpha value is -0.570. The number of piperidine rings is 1. The summed E-state index contributed by atoms with van der Waals surface area (Å²) in [7, 11) is 0. The van der Waals surface area contributed by atoms with Crippen molar-refractivity contribution in [2.75, 3.05) is 13.2 Å². The normalized spacial score (nSPS) is 27.8. The van der Waals surface area contributed by atoms with Crippen molar-refractivity contribution in [1.82, 2.24) is 4.90 Å². The summed E-state index contributed by atoms with van der Waals surface area (Å²) in [6.45, 7) is 7.02. The van der Waals surface area contributed by atoms with Gasteiger partial charge < -0.3 is 9.64 Å². The van der Waals surface area contributed by atoms with Crippen molar-refractivity contribution in [2.45, 2.75) is 52.1 Å². The number of ether oxygens (including phenoxy) is 1. The van der Waals surface area contributed by atoms with E-state index in [4.69, 9.17) is 4.74 Å². The van der Waals surface area contributed by atoms with Crippen molar-refractivity contribution in [3.8, 4) is 0 Å². The molecule has 0 bridgehead atoms. The van der Waals surface area contributed by atoms with Crippen LogP contribution >= 0.6 is 0 Å². The summed E-state index contributed by atoms with van der Waals surface area (Å²) >= 11 is 0. The minimum Gasteiger partial charge on any atom is -0.372 e. The number of amides is 1. The van der Waals surface area contributed by atoms with Crippen LogP contribution in [0.25, 0.3) is 0 Å². The van der Waals surface area contributed by atoms with Gasteiger partial charge in [-0.25, -0.2) is 0 Å². The minimum atomic E-state index is 0.145. The molecule has 1 aliphatic heterocycles. The Labute approximate surface area is 86.4 Å². The first-order valence-corrected chi connectivity index (χ1v) is 5.55. The third-order valence-electron chi connectivity index (χ3n) is 2.91. The maximum atomic E-state index is 11.8. The summed E-state index contributed by atoms with van der Waals surface area (Å²) in [6, 6.07) is 0.762. The monoisotopic (exact) mass is 199 g/mol. The fraction of sp³-hybridized carbons (Fsp3) is 0.909. The number of nitrogens with zero attached hydrogens (tertiary/aromatic N) is 1. The molecule has 0 saturated carbocycles. The molecule has 1 aliphatic rings. The zero-order valence-electron chi connectivity index (χ0n) is 9.45. The lowest BCUT2D eigenvalue weighted by atomic mass is 9.97. The van der Waals surface area contributed by atoms with Crippen molar-refractivity contribution < 1.29 is 9.53 Å². The lowest BCUT2D eigenvalue weighted by molar-refractivity contribution is -0.142. The van der Waals surface area contributed by atoms with E-state index in [1.165, 1.54) is 6.42 Å². The average Bonchev–Trinajstić information content (AvgIpc) is 2.14. The molecule has 0 radical (unpaired) electrons. The van der Waals surface area contributed by atoms with E-state index in [0.29, 0.717) is 18.7 Å². The van der Waals surface area contributed by atoms with Crippen molar-refractivity contribution in [3.63, 3.8) is 0 Å². The van der Waals surface area contributed by atoms with E-state index in [9.17, 15) is 4.79 Å². The van der Waals surface area contributed by atoms with Crippen LogP contribution in [0.1, 0.15) is 40.0 Å². The molecule has 1 saturated heterocycles. The topological polar surface area (TPSA) is 29.5 Å². The van der Waals surface area contributed by atoms with Gasteiger partial charge in [-0.05, 0) is 40.0 Å². The van der Waals surface area contributed by atoms with E-state index in [0.717, 1.165) is 12.8 Å². The molecule has 1 heterocycles. The van der Waals surface area contributed by atoms with Crippen molar-refractivity contribution in [3.05, 3.63) is 0 Å². The molecule has 82 valence electrons. The molecular formula is C11H21NO2. The number of likely N-dealkylation sites (tertiary alicyclic amines) is 1. The molecule has 2 unspecified atom stereocenters. The van der Waals surface area contributed by atoms with Gasteiger partial charge in [-0.3, -0.25) is 4.79 Å². The first-order chi connectivity index (χ1) is 6.66. The van der Waals surface area contributed by atoms with E-state index in [2.05, 4.69) is 13.8 Å². The van der Waals surface area contributed by atoms with Crippen LogP contribution in [0.3, 0.4) is 0 Å². The average molecular weight is 199 g/mol. The fourth-order valence-electron chi connectivity index (χ4n) is 2.18. The van der Waals surface area contributed by atoms with Crippen LogP contribution in [0.5, 0.6) is 0 Å². The summed E-state index contributed by atoms with van der Waals surface area (Å²) in [5.74, 6) is 0.145. The summed E-state index contributed by atoms with van der Waals surface area (Å²) in [6.07, 6.45) is 3.49. The van der Waals surface area contributed by atoms with Crippen LogP contribution in [0, 0.1) is 0 Å². The first-order valence-electron chi connectivity index (χ1n) is 5.55. The highest BCUT2D eigenvalue weighted by Gasteiger charge is 2.28. The van der Waals surface area contributed by atoms with Gasteiger partial charge in [0.25, 0.3) is 0 Å². The molecule has 3 heteroatoms. The number of hydrogen-bond acceptors (Lipinski definition) is 2. The van der Waals surface area contributed by atoms with Gasteiger partial charge in [-0.1, -0.05) is 0 Å². The molecule has 1 amide bonds. The maximum Gasteiger partial charge on any atom is 0.249 e. The van der Waals surface area contributed by atoms with E-state index in [1.54, 1.807) is 0 Å². The zero-order chi connectivity index (χ0) is 10.6. The Bertz CT molecular complexity index is 184. The second kappa shape index (κ2) is 5.35. The van der Waals surface area contributed by atoms with Crippen LogP contribution < -0.4 is 0 Å². The maximum absolute atomic E-state index is 11.8. The largest absolute Gasteiger partial charge is 0.372 e. The Kier molecular flexibility index (Phi) is 4.39. The quantitative estimate of drug-likeness (QED) is 0.694. The minimum absolute atomic E-state index is 0.145. The summed E-state index contributed by atoms with van der Waals surface area (Å²) < 4.78 is 5.15. The van der Waals surface area contributed by atoms with Gasteiger partial charge in [-0.2, -0.15) is 0 Å². The Morgan fingerprint density at radius 1 is 1.36 bits per heavy atom. The van der Waals surface area contributed by atoms with E-state index < -0.39 is 0 Å². The van der Waals surface area contributed by atoms with E-state index >= 15 is 0 Å². The molecule has 0 N–H and O–H groups in total. The van der Waals surface area contributed by atoms with Gasteiger partial charge in [0, 0.05) is 18.7 Å². The molecule has 3 nitrogen and oxygen atoms in total. The number of carbonyl (C=O) groups excluding carboxylic acids is 1. The summed E-state index contributed by atoms with van der Waals surface area (Å²) in [4.78, 5) is 13.8. The smallest absolute Gasteiger partial charge is 0.249 e. The van der Waals surface area contributed by atoms with Crippen LogP contribution in [0.15, 0.2) is 0 Å². The molecule has 0 aromatic carbocycles. The van der Waals surface area contributed by atoms with Crippen LogP contribution in [0.4, 0.5) is 0 Å². The highest BCUT2D eigenvalue weighted by molar-refractivity contribution is 5.78. The van der Waals surface area contributed by atoms with Crippen LogP contribution in [0.2, 0.25) is 0 Å². The molecule has 0 aromatic heterocycles. The molecule has 0 aromatic rings. The van der Waals surface area contributed by atoms with Crippen molar-refractivity contribution in [1.29, 1.82) is 0 Å². The molecule has 2 atom stereocenters. The SMILES string of the molecule is CCOCC(=O)N1C(C)CCCC1C. The Morgan fingerprint density at radius 2 is 1.93 bits per heavy atom. The van der Waals surface area contributed by atoms with Crippen molar-refractivity contribution >= 4 is 5.91 Å². The Balaban J connectivity index is 2.49. The number of carbonyl (C=O) groups is 1. The van der Waals surface area contributed by atoms with Gasteiger partial charge in [0.15, 0.2) is 0 Å². The summed E-state index contributed by atoms with van der Waals surface area (Å²) in [5, 5.41) is 0. The van der Waals surface area contributed by atoms with E-state index in [-0.39, 0.29) is 12.5 Å². The third-order valence-corrected chi connectivity index (χ3v) is 2.91. The zero-order valence-corrected chi connectivity index (χ0v) is 9.45. The predicted molar refractivity (Wildman–Crippen MR) is 56.1 cm³/mol. The standard InChI is InChI=1S/C11H21NO2/c1-4-14-8-11(13)12-9(2)6-5-7-10(12)3/h9-10H,4-8H2,1-3H3. The van der Waals surface area contributed by atoms with Gasteiger partial charge in [-0.15, -0.1) is 0 Å². The molecular weight excluding hydrogens is 178 g/mol. The fourth-order valence-corrected chi connectivity index (χ4v) is 2.18. The van der Waals surface area contributed by atoms with Crippen molar-refractivity contribution in [2.24, 2.45) is 0 Å². The summed E-state index contributed by atoms with van der Waals surface area (Å²) in [5.41, 5.74) is 0. The second-order valence-corrected chi connectivity index (χ2v) is 4.07. The van der Waals surface area contributed by atoms with Gasteiger partial charge in [0.2, 0.25) is 5.91 Å². The number of rotatable bonds is 3. The number of hydrogen-bond donors (Lipinski definition) is 0. The molecule has 1 rings (SSSR count). The van der Waals surface area contributed by atoms with Crippen LogP contribution in [-0.2, 0) is 9.53 Å². The third kappa shape index (κ3) is 2.71. The highest BCUT2D eigenvalue weighted by atomic mass is 16.5. The molecule has 0 aliphatic carbocycles. The first kappa shape index (κ1) is 11.5. The lowest BCUT2D eigenvalue weighted by Gasteiger charge is -2.39. The molecule has 0 spiro atoms. The molecule has 1 fully saturated rings.